The van der Waals surface area contributed by atoms with Crippen molar-refractivity contribution in [3.8, 4) is 0 Å². The summed E-state index contributed by atoms with van der Waals surface area (Å²) in [5.41, 5.74) is 2.75. The number of ether oxygens (including phenoxy) is 1. The monoisotopic (exact) mass is 380 g/mol. The van der Waals surface area contributed by atoms with Gasteiger partial charge in [-0.2, -0.15) is 0 Å². The minimum absolute atomic E-state index is 0.166. The molecule has 2 unspecified atom stereocenters. The van der Waals surface area contributed by atoms with E-state index in [0.29, 0.717) is 25.0 Å². The molecule has 0 aromatic heterocycles. The van der Waals surface area contributed by atoms with Crippen LogP contribution < -0.4 is 4.46 Å². The molecule has 0 spiro atoms. The van der Waals surface area contributed by atoms with Gasteiger partial charge in [-0.05, 0) is 0 Å². The second kappa shape index (κ2) is 8.79. The molecule has 2 aromatic carbocycles. The molecule has 0 amide bonds. The van der Waals surface area contributed by atoms with Crippen LogP contribution >= 0.6 is 11.8 Å². The van der Waals surface area contributed by atoms with Gasteiger partial charge in [-0.3, -0.25) is 0 Å². The molecular formula is C19H24OSSe. The average molecular weight is 379 g/mol. The molecule has 0 aliphatic carbocycles. The molecule has 0 aliphatic heterocycles. The Bertz CT molecular complexity index is 573. The van der Waals surface area contributed by atoms with Gasteiger partial charge >= 0.3 is 145 Å². The van der Waals surface area contributed by atoms with Crippen molar-refractivity contribution in [3.63, 3.8) is 0 Å². The van der Waals surface area contributed by atoms with Gasteiger partial charge in [0.25, 0.3) is 0 Å². The topological polar surface area (TPSA) is 9.23 Å². The quantitative estimate of drug-likeness (QED) is 0.649. The first kappa shape index (κ1) is 17.6. The zero-order chi connectivity index (χ0) is 15.9. The zero-order valence-electron chi connectivity index (χ0n) is 13.7. The van der Waals surface area contributed by atoms with Crippen molar-refractivity contribution in [1.29, 1.82) is 0 Å². The summed E-state index contributed by atoms with van der Waals surface area (Å²) in [6, 6.07) is 19.4. The van der Waals surface area contributed by atoms with Gasteiger partial charge in [0.2, 0.25) is 0 Å². The van der Waals surface area contributed by atoms with Crippen LogP contribution in [0.25, 0.3) is 0 Å². The van der Waals surface area contributed by atoms with Crippen LogP contribution in [0.2, 0.25) is 4.82 Å². The SMILES string of the molecule is COC(c1ccccc1)C(C)[Se]c1ccccc1[C@H](C)SC. The molecule has 0 heterocycles. The Hall–Kier alpha value is -0.731. The van der Waals surface area contributed by atoms with Gasteiger partial charge in [0.15, 0.2) is 0 Å². The van der Waals surface area contributed by atoms with Crippen molar-refractivity contribution in [2.75, 3.05) is 13.4 Å². The molecular weight excluding hydrogens is 355 g/mol. The van der Waals surface area contributed by atoms with Crippen molar-refractivity contribution in [3.05, 3.63) is 65.7 Å². The van der Waals surface area contributed by atoms with E-state index in [9.17, 15) is 0 Å². The van der Waals surface area contributed by atoms with Crippen molar-refractivity contribution in [2.45, 2.75) is 30.0 Å². The summed E-state index contributed by atoms with van der Waals surface area (Å²) < 4.78 is 7.31. The van der Waals surface area contributed by atoms with Crippen molar-refractivity contribution >= 4 is 31.2 Å². The number of benzene rings is 2. The first-order valence-corrected chi connectivity index (χ1v) is 10.7. The number of thioether (sulfide) groups is 1. The summed E-state index contributed by atoms with van der Waals surface area (Å²) in [7, 11) is 1.82. The minimum atomic E-state index is 0.166. The fourth-order valence-electron chi connectivity index (χ4n) is 2.55. The second-order valence-corrected chi connectivity index (χ2v) is 9.46. The molecule has 0 fully saturated rings. The molecule has 0 N–H and O–H groups in total. The third-order valence-corrected chi connectivity index (χ3v) is 7.40. The van der Waals surface area contributed by atoms with Crippen LogP contribution in [-0.2, 0) is 4.74 Å². The molecule has 3 atom stereocenters. The van der Waals surface area contributed by atoms with E-state index in [1.807, 2.05) is 18.9 Å². The molecule has 0 saturated heterocycles. The zero-order valence-corrected chi connectivity index (χ0v) is 16.2. The van der Waals surface area contributed by atoms with Gasteiger partial charge in [-0.15, -0.1) is 0 Å². The van der Waals surface area contributed by atoms with Crippen molar-refractivity contribution in [2.24, 2.45) is 0 Å². The van der Waals surface area contributed by atoms with Gasteiger partial charge < -0.3 is 0 Å². The predicted octanol–water partition coefficient (Wildman–Crippen LogP) is 4.64. The van der Waals surface area contributed by atoms with E-state index in [0.717, 1.165) is 0 Å². The van der Waals surface area contributed by atoms with Crippen molar-refractivity contribution in [1.82, 2.24) is 0 Å². The Morgan fingerprint density at radius 2 is 1.59 bits per heavy atom. The van der Waals surface area contributed by atoms with Crippen LogP contribution in [0.5, 0.6) is 0 Å². The number of hydrogen-bond acceptors (Lipinski definition) is 2. The van der Waals surface area contributed by atoms with Crippen LogP contribution in [-0.4, -0.2) is 28.3 Å². The van der Waals surface area contributed by atoms with Crippen LogP contribution in [0.1, 0.15) is 36.3 Å². The van der Waals surface area contributed by atoms with E-state index >= 15 is 0 Å². The van der Waals surface area contributed by atoms with E-state index in [1.165, 1.54) is 15.6 Å². The molecule has 3 heteroatoms. The normalized spacial score (nSPS) is 15.3. The summed E-state index contributed by atoms with van der Waals surface area (Å²) in [5, 5.41) is 0.544. The van der Waals surface area contributed by atoms with Crippen LogP contribution in [0.15, 0.2) is 54.6 Å². The molecule has 118 valence electrons. The molecule has 0 saturated carbocycles. The van der Waals surface area contributed by atoms with Gasteiger partial charge in [-0.1, -0.05) is 0 Å². The summed E-state index contributed by atoms with van der Waals surface area (Å²) >= 11 is 2.29. The van der Waals surface area contributed by atoms with E-state index in [2.05, 4.69) is 74.7 Å². The summed E-state index contributed by atoms with van der Waals surface area (Å²) in [4.78, 5) is 0.495. The van der Waals surface area contributed by atoms with Gasteiger partial charge in [0.05, 0.1) is 0 Å². The van der Waals surface area contributed by atoms with Crippen LogP contribution in [0, 0.1) is 0 Å². The first-order valence-electron chi connectivity index (χ1n) is 7.53. The van der Waals surface area contributed by atoms with E-state index in [-0.39, 0.29) is 6.10 Å². The van der Waals surface area contributed by atoms with E-state index < -0.39 is 0 Å². The molecule has 1 nitrogen and oxygen atoms in total. The third kappa shape index (κ3) is 4.39. The van der Waals surface area contributed by atoms with Gasteiger partial charge in [0, 0.05) is 0 Å². The molecule has 2 aromatic rings. The number of rotatable bonds is 7. The molecule has 0 radical (unpaired) electrons. The van der Waals surface area contributed by atoms with Gasteiger partial charge in [-0.25, -0.2) is 0 Å². The van der Waals surface area contributed by atoms with Crippen molar-refractivity contribution < 1.29 is 4.74 Å². The Morgan fingerprint density at radius 1 is 0.955 bits per heavy atom. The van der Waals surface area contributed by atoms with E-state index in [4.69, 9.17) is 4.74 Å². The first-order chi connectivity index (χ1) is 10.7. The molecule has 22 heavy (non-hydrogen) atoms. The van der Waals surface area contributed by atoms with E-state index in [1.54, 1.807) is 0 Å². The molecule has 2 rings (SSSR count). The summed E-state index contributed by atoms with van der Waals surface area (Å²) in [5.74, 6) is 0. The third-order valence-electron chi connectivity index (χ3n) is 3.83. The molecule has 0 bridgehead atoms. The number of hydrogen-bond donors (Lipinski definition) is 0. The fraction of sp³-hybridized carbons (Fsp3) is 0.368. The fourth-order valence-corrected chi connectivity index (χ4v) is 5.97. The summed E-state index contributed by atoms with van der Waals surface area (Å²) in [6.07, 6.45) is 2.35. The molecule has 0 aliphatic rings. The second-order valence-electron chi connectivity index (χ2n) is 5.31. The van der Waals surface area contributed by atoms with Gasteiger partial charge in [0.1, 0.15) is 0 Å². The Balaban J connectivity index is 2.19. The van der Waals surface area contributed by atoms with Crippen LogP contribution in [0.3, 0.4) is 0 Å². The van der Waals surface area contributed by atoms with Crippen LogP contribution in [0.4, 0.5) is 0 Å². The standard InChI is InChI=1S/C19H24OSSe/c1-14(21-4)17-12-8-9-13-18(17)22-15(2)19(20-3)16-10-6-5-7-11-16/h5-15,19H,1-4H3/t14-,15?,19?/m0/s1. The Labute approximate surface area is 145 Å². The predicted molar refractivity (Wildman–Crippen MR) is 99.4 cm³/mol. The maximum atomic E-state index is 5.81. The number of methoxy groups -OCH3 is 1. The Kier molecular flexibility index (Phi) is 7.04. The Morgan fingerprint density at radius 3 is 2.23 bits per heavy atom. The average Bonchev–Trinajstić information content (AvgIpc) is 2.56. The maximum absolute atomic E-state index is 5.81. The summed E-state index contributed by atoms with van der Waals surface area (Å²) in [6.45, 7) is 4.59.